The molecule has 0 atom stereocenters. The van der Waals surface area contributed by atoms with Crippen LogP contribution in [-0.2, 0) is 0 Å². The average molecular weight is 730 g/mol. The van der Waals surface area contributed by atoms with E-state index in [1.165, 1.54) is 164 Å². The molecule has 0 amide bonds. The first-order chi connectivity index (χ1) is 16.5. The summed E-state index contributed by atoms with van der Waals surface area (Å²) in [5, 5.41) is 0. The fourth-order valence-corrected chi connectivity index (χ4v) is 5.29. The Morgan fingerprint density at radius 1 is 0.297 bits per heavy atom. The van der Waals surface area contributed by atoms with Gasteiger partial charge in [-0.2, -0.15) is 0 Å². The van der Waals surface area contributed by atoms with Gasteiger partial charge in [0.2, 0.25) is 0 Å². The highest BCUT2D eigenvalue weighted by Crippen LogP contribution is 2.17. The maximum absolute atomic E-state index is 2.33. The van der Waals surface area contributed by atoms with Crippen LogP contribution >= 0.6 is 53.4 Å². The third-order valence-corrected chi connectivity index (χ3v) is 7.89. The van der Waals surface area contributed by atoms with Gasteiger partial charge in [-0.3, -0.25) is 0 Å². The van der Waals surface area contributed by atoms with Crippen LogP contribution in [0.5, 0.6) is 0 Å². The Morgan fingerprint density at radius 2 is 0.405 bits per heavy atom. The van der Waals surface area contributed by atoms with E-state index in [4.69, 9.17) is 0 Å². The summed E-state index contributed by atoms with van der Waals surface area (Å²) in [6.07, 6.45) is 22.1. The van der Waals surface area contributed by atoms with Crippen molar-refractivity contribution < 1.29 is 8.97 Å². The molecule has 0 unspecified atom stereocenters. The predicted octanol–water partition coefficient (Wildman–Crippen LogP) is 11.6. The zero-order chi connectivity index (χ0) is 26.0. The minimum atomic E-state index is 0. The zero-order valence-electron chi connectivity index (χ0n) is 27.1. The van der Waals surface area contributed by atoms with Crippen LogP contribution in [0.3, 0.4) is 0 Å². The Labute approximate surface area is 271 Å². The van der Waals surface area contributed by atoms with Crippen molar-refractivity contribution >= 4 is 53.4 Å². The Balaban J connectivity index is -0.000000171. The van der Waals surface area contributed by atoms with Crippen molar-refractivity contribution in [3.05, 3.63) is 0 Å². The van der Waals surface area contributed by atoms with Gasteiger partial charge >= 0.3 is 0 Å². The second-order valence-corrected chi connectivity index (χ2v) is 11.3. The lowest BCUT2D eigenvalue weighted by Gasteiger charge is -2.39. The number of hydrogen-bond acceptors (Lipinski definition) is 0. The van der Waals surface area contributed by atoms with Gasteiger partial charge < -0.3 is 8.97 Å². The predicted molar refractivity (Wildman–Crippen MR) is 192 cm³/mol. The molecule has 0 aliphatic carbocycles. The second-order valence-electron chi connectivity index (χ2n) is 11.3. The van der Waals surface area contributed by atoms with Gasteiger partial charge in [0.25, 0.3) is 0 Å². The number of nitrogens with zero attached hydrogens (tertiary/aromatic N) is 2. The highest BCUT2D eigenvalue weighted by atomic mass is 127. The molecule has 0 fully saturated rings. The summed E-state index contributed by atoms with van der Waals surface area (Å²) in [6, 6.07) is 0. The van der Waals surface area contributed by atoms with Crippen LogP contribution < -0.4 is 0 Å². The molecular formula is C32H75BrClIN2+2. The van der Waals surface area contributed by atoms with E-state index < -0.39 is 0 Å². The van der Waals surface area contributed by atoms with E-state index in [0.717, 1.165) is 0 Å². The molecule has 5 heteroatoms. The molecule has 2 nitrogen and oxygen atoms in total. The molecule has 37 heavy (non-hydrogen) atoms. The molecule has 0 radical (unpaired) electrons. The fraction of sp³-hybridized carbons (Fsp3) is 1.00. The van der Waals surface area contributed by atoms with Gasteiger partial charge in [0.1, 0.15) is 0 Å². The van der Waals surface area contributed by atoms with E-state index in [-0.39, 0.29) is 53.4 Å². The van der Waals surface area contributed by atoms with E-state index in [2.05, 4.69) is 55.4 Å². The third kappa shape index (κ3) is 27.4. The maximum atomic E-state index is 2.33. The Kier molecular flexibility index (Phi) is 46.1. The van der Waals surface area contributed by atoms with E-state index in [1.54, 1.807) is 0 Å². The lowest BCUT2D eigenvalue weighted by molar-refractivity contribution is -0.929. The minimum Gasteiger partial charge on any atom is -0.324 e. The van der Waals surface area contributed by atoms with Gasteiger partial charge in [-0.15, -0.1) is 53.4 Å². The van der Waals surface area contributed by atoms with Gasteiger partial charge in [-0.05, 0) is 51.4 Å². The van der Waals surface area contributed by atoms with Crippen LogP contribution in [0.2, 0.25) is 0 Å². The van der Waals surface area contributed by atoms with Gasteiger partial charge in [0.05, 0.1) is 52.4 Å². The molecule has 0 aliphatic heterocycles. The van der Waals surface area contributed by atoms with E-state index >= 15 is 0 Å². The number of quaternary nitrogens is 2. The summed E-state index contributed by atoms with van der Waals surface area (Å²) in [6.45, 7) is 30.0. The molecule has 0 aromatic rings. The van der Waals surface area contributed by atoms with Crippen molar-refractivity contribution in [3.8, 4) is 0 Å². The maximum Gasteiger partial charge on any atom is 0.0786 e. The van der Waals surface area contributed by atoms with Crippen molar-refractivity contribution in [2.45, 2.75) is 158 Å². The third-order valence-electron chi connectivity index (χ3n) is 7.89. The standard InChI is InChI=1S/2C16H36N.BrH.ClH.HI/c2*1-5-9-13-17(14-10-6-2,15-11-7-3)16-12-8-4;;;/h2*5-16H2,1-4H3;3*1H/q2*+1;;;. The molecule has 0 spiro atoms. The lowest BCUT2D eigenvalue weighted by Crippen LogP contribution is -2.50. The molecule has 0 N–H and O–H groups in total. The highest BCUT2D eigenvalue weighted by Gasteiger charge is 2.25. The summed E-state index contributed by atoms with van der Waals surface area (Å²) in [4.78, 5) is 0. The van der Waals surface area contributed by atoms with Crippen LogP contribution in [0.25, 0.3) is 0 Å². The van der Waals surface area contributed by atoms with Crippen molar-refractivity contribution in [1.29, 1.82) is 0 Å². The van der Waals surface area contributed by atoms with E-state index in [9.17, 15) is 0 Å². The van der Waals surface area contributed by atoms with E-state index in [1.807, 2.05) is 0 Å². The van der Waals surface area contributed by atoms with Crippen molar-refractivity contribution in [2.75, 3.05) is 52.4 Å². The summed E-state index contributed by atoms with van der Waals surface area (Å²) in [7, 11) is 0. The quantitative estimate of drug-likeness (QED) is 0.0685. The normalized spacial score (nSPS) is 11.0. The highest BCUT2D eigenvalue weighted by molar-refractivity contribution is 14.0. The second kappa shape index (κ2) is 35.4. The topological polar surface area (TPSA) is 0 Å². The van der Waals surface area contributed by atoms with Crippen LogP contribution in [-0.4, -0.2) is 61.3 Å². The molecule has 0 bridgehead atoms. The lowest BCUT2D eigenvalue weighted by atomic mass is 10.1. The number of hydrogen-bond donors (Lipinski definition) is 0. The average Bonchev–Trinajstić information content (AvgIpc) is 2.87. The Hall–Kier alpha value is 1.42. The van der Waals surface area contributed by atoms with Crippen LogP contribution in [0.15, 0.2) is 0 Å². The summed E-state index contributed by atoms with van der Waals surface area (Å²) < 4.78 is 2.84. The van der Waals surface area contributed by atoms with Crippen LogP contribution in [0.4, 0.5) is 0 Å². The van der Waals surface area contributed by atoms with Crippen LogP contribution in [0, 0.1) is 0 Å². The number of rotatable bonds is 24. The number of halogens is 3. The largest absolute Gasteiger partial charge is 0.324 e. The molecule has 0 aromatic heterocycles. The molecule has 0 saturated carbocycles. The molecule has 0 aliphatic rings. The van der Waals surface area contributed by atoms with Crippen LogP contribution in [0.1, 0.15) is 158 Å². The molecule has 0 saturated heterocycles. The van der Waals surface area contributed by atoms with Crippen molar-refractivity contribution in [3.63, 3.8) is 0 Å². The van der Waals surface area contributed by atoms with Gasteiger partial charge in [0.15, 0.2) is 0 Å². The molecular weight excluding hydrogens is 655 g/mol. The molecule has 0 aromatic carbocycles. The number of unbranched alkanes of at least 4 members (excludes halogenated alkanes) is 8. The fourth-order valence-electron chi connectivity index (χ4n) is 5.29. The first-order valence-corrected chi connectivity index (χ1v) is 16.2. The van der Waals surface area contributed by atoms with E-state index in [0.29, 0.717) is 0 Å². The van der Waals surface area contributed by atoms with Gasteiger partial charge in [-0.1, -0.05) is 107 Å². The molecule has 232 valence electrons. The van der Waals surface area contributed by atoms with Crippen molar-refractivity contribution in [1.82, 2.24) is 0 Å². The minimum absolute atomic E-state index is 0. The van der Waals surface area contributed by atoms with Crippen molar-refractivity contribution in [2.24, 2.45) is 0 Å². The zero-order valence-corrected chi connectivity index (χ0v) is 31.9. The molecule has 0 rings (SSSR count). The Morgan fingerprint density at radius 3 is 0.486 bits per heavy atom. The monoisotopic (exact) mass is 728 g/mol. The first-order valence-electron chi connectivity index (χ1n) is 16.2. The van der Waals surface area contributed by atoms with Gasteiger partial charge in [0, 0.05) is 0 Å². The Bertz CT molecular complexity index is 288. The summed E-state index contributed by atoms with van der Waals surface area (Å²) in [5.74, 6) is 0. The smallest absolute Gasteiger partial charge is 0.0786 e. The SMILES string of the molecule is Br.CCCC[N+](CCCC)(CCCC)CCCC.CCCC[N+](CCCC)(CCCC)CCCC.Cl.I. The first kappa shape index (κ1) is 48.2. The summed E-state index contributed by atoms with van der Waals surface area (Å²) in [5.41, 5.74) is 0. The summed E-state index contributed by atoms with van der Waals surface area (Å²) >= 11 is 0. The molecule has 0 heterocycles. The van der Waals surface area contributed by atoms with Gasteiger partial charge in [-0.25, -0.2) is 0 Å².